The molecular weight excluding hydrogens is 331 g/mol. The Morgan fingerprint density at radius 1 is 1.50 bits per heavy atom. The molecule has 0 saturated heterocycles. The molecule has 7 heteroatoms. The summed E-state index contributed by atoms with van der Waals surface area (Å²) in [5, 5.41) is 16.3. The molecule has 0 bridgehead atoms. The first kappa shape index (κ1) is 14.6. The first-order valence-electron chi connectivity index (χ1n) is 5.95. The monoisotopic (exact) mass is 342 g/mol. The molecule has 0 amide bonds. The lowest BCUT2D eigenvalue weighted by molar-refractivity contribution is -0.137. The van der Waals surface area contributed by atoms with E-state index in [-0.39, 0.29) is 23.8 Å². The van der Waals surface area contributed by atoms with E-state index in [2.05, 4.69) is 26.1 Å². The van der Waals surface area contributed by atoms with Crippen molar-refractivity contribution in [1.29, 1.82) is 0 Å². The van der Waals surface area contributed by atoms with Crippen molar-refractivity contribution < 1.29 is 18.7 Å². The first-order chi connectivity index (χ1) is 9.45. The minimum Gasteiger partial charge on any atom is -0.481 e. The minimum absolute atomic E-state index is 0.0182. The minimum atomic E-state index is -0.879. The van der Waals surface area contributed by atoms with Crippen LogP contribution in [0.3, 0.4) is 0 Å². The van der Waals surface area contributed by atoms with Crippen molar-refractivity contribution in [1.82, 2.24) is 10.2 Å². The second-order valence-corrected chi connectivity index (χ2v) is 5.45. The van der Waals surface area contributed by atoms with Gasteiger partial charge in [0.2, 0.25) is 5.89 Å². The van der Waals surface area contributed by atoms with E-state index in [1.54, 1.807) is 13.0 Å². The third-order valence-corrected chi connectivity index (χ3v) is 3.17. The number of carboxylic acid groups (broad SMARTS) is 1. The highest BCUT2D eigenvalue weighted by Crippen LogP contribution is 2.25. The molecule has 1 N–H and O–H groups in total. The second-order valence-electron chi connectivity index (χ2n) is 4.53. The topological polar surface area (TPSA) is 76.2 Å². The molecule has 1 unspecified atom stereocenters. The standard InChI is InChI=1S/C13H12BrFN2O3/c1-7(5-12(18)19)4-11-16-17-13(20-11)9-3-2-8(14)6-10(9)15/h2-3,6-7H,4-5H2,1H3,(H,18,19). The van der Waals surface area contributed by atoms with Crippen LogP contribution in [0.4, 0.5) is 4.39 Å². The highest BCUT2D eigenvalue weighted by atomic mass is 79.9. The van der Waals surface area contributed by atoms with Crippen LogP contribution in [0.25, 0.3) is 11.5 Å². The molecule has 1 atom stereocenters. The summed E-state index contributed by atoms with van der Waals surface area (Å²) in [6.07, 6.45) is 0.363. The molecule has 0 radical (unpaired) electrons. The zero-order valence-electron chi connectivity index (χ0n) is 10.6. The molecule has 5 nitrogen and oxygen atoms in total. The predicted molar refractivity (Wildman–Crippen MR) is 72.5 cm³/mol. The Balaban J connectivity index is 2.14. The lowest BCUT2D eigenvalue weighted by atomic mass is 10.0. The number of carbonyl (C=O) groups is 1. The van der Waals surface area contributed by atoms with Crippen LogP contribution in [0.15, 0.2) is 27.1 Å². The number of aromatic nitrogens is 2. The summed E-state index contributed by atoms with van der Waals surface area (Å²) < 4.78 is 19.7. The Morgan fingerprint density at radius 3 is 2.90 bits per heavy atom. The molecule has 0 saturated carbocycles. The molecule has 1 aromatic carbocycles. The number of aliphatic carboxylic acids is 1. The fourth-order valence-corrected chi connectivity index (χ4v) is 2.11. The lowest BCUT2D eigenvalue weighted by Crippen LogP contribution is -2.07. The smallest absolute Gasteiger partial charge is 0.303 e. The van der Waals surface area contributed by atoms with Crippen molar-refractivity contribution in [3.8, 4) is 11.5 Å². The van der Waals surface area contributed by atoms with Crippen LogP contribution in [-0.2, 0) is 11.2 Å². The average molecular weight is 343 g/mol. The van der Waals surface area contributed by atoms with Crippen molar-refractivity contribution in [3.63, 3.8) is 0 Å². The van der Waals surface area contributed by atoms with E-state index in [0.717, 1.165) is 0 Å². The molecule has 1 heterocycles. The predicted octanol–water partition coefficient (Wildman–Crippen LogP) is 3.29. The third kappa shape index (κ3) is 3.63. The maximum atomic E-state index is 13.7. The van der Waals surface area contributed by atoms with Crippen molar-refractivity contribution in [3.05, 3.63) is 34.4 Å². The van der Waals surface area contributed by atoms with E-state index in [0.29, 0.717) is 16.8 Å². The summed E-state index contributed by atoms with van der Waals surface area (Å²) >= 11 is 3.17. The van der Waals surface area contributed by atoms with Gasteiger partial charge in [0.25, 0.3) is 5.89 Å². The van der Waals surface area contributed by atoms with Crippen molar-refractivity contribution in [2.45, 2.75) is 19.8 Å². The van der Waals surface area contributed by atoms with Gasteiger partial charge in [0.15, 0.2) is 0 Å². The van der Waals surface area contributed by atoms with Gasteiger partial charge in [-0.3, -0.25) is 4.79 Å². The van der Waals surface area contributed by atoms with Gasteiger partial charge in [-0.25, -0.2) is 4.39 Å². The van der Waals surface area contributed by atoms with Crippen molar-refractivity contribution >= 4 is 21.9 Å². The fourth-order valence-electron chi connectivity index (χ4n) is 1.78. The summed E-state index contributed by atoms with van der Waals surface area (Å²) in [4.78, 5) is 10.6. The van der Waals surface area contributed by atoms with E-state index in [4.69, 9.17) is 9.52 Å². The second kappa shape index (κ2) is 6.13. The van der Waals surface area contributed by atoms with E-state index >= 15 is 0 Å². The molecule has 0 aliphatic carbocycles. The molecule has 106 valence electrons. The van der Waals surface area contributed by atoms with Crippen LogP contribution < -0.4 is 0 Å². The van der Waals surface area contributed by atoms with Gasteiger partial charge in [-0.15, -0.1) is 10.2 Å². The molecule has 0 aliphatic heterocycles. The summed E-state index contributed by atoms with van der Waals surface area (Å²) in [7, 11) is 0. The quantitative estimate of drug-likeness (QED) is 0.902. The van der Waals surface area contributed by atoms with Gasteiger partial charge < -0.3 is 9.52 Å². The zero-order valence-corrected chi connectivity index (χ0v) is 12.2. The molecule has 0 fully saturated rings. The van der Waals surface area contributed by atoms with Crippen LogP contribution in [0.2, 0.25) is 0 Å². The number of hydrogen-bond donors (Lipinski definition) is 1. The van der Waals surface area contributed by atoms with Crippen LogP contribution in [0.5, 0.6) is 0 Å². The third-order valence-electron chi connectivity index (χ3n) is 2.67. The van der Waals surface area contributed by atoms with E-state index in [1.807, 2.05) is 0 Å². The van der Waals surface area contributed by atoms with Gasteiger partial charge in [-0.05, 0) is 24.1 Å². The molecule has 0 aliphatic rings. The number of halogens is 2. The maximum absolute atomic E-state index is 13.7. The normalized spacial score (nSPS) is 12.3. The van der Waals surface area contributed by atoms with Crippen LogP contribution in [0, 0.1) is 11.7 Å². The summed E-state index contributed by atoms with van der Waals surface area (Å²) in [5.41, 5.74) is 0.220. The number of hydrogen-bond acceptors (Lipinski definition) is 4. The Hall–Kier alpha value is -1.76. The lowest BCUT2D eigenvalue weighted by Gasteiger charge is -2.03. The largest absolute Gasteiger partial charge is 0.481 e. The fraction of sp³-hybridized carbons (Fsp3) is 0.308. The number of benzene rings is 1. The van der Waals surface area contributed by atoms with Gasteiger partial charge in [0.05, 0.1) is 5.56 Å². The maximum Gasteiger partial charge on any atom is 0.303 e. The van der Waals surface area contributed by atoms with Gasteiger partial charge >= 0.3 is 5.97 Å². The molecule has 20 heavy (non-hydrogen) atoms. The molecule has 0 spiro atoms. The molecule has 2 rings (SSSR count). The van der Waals surface area contributed by atoms with Gasteiger partial charge in [0.1, 0.15) is 5.82 Å². The number of rotatable bonds is 5. The van der Waals surface area contributed by atoms with Gasteiger partial charge in [0, 0.05) is 17.3 Å². The van der Waals surface area contributed by atoms with Crippen LogP contribution >= 0.6 is 15.9 Å². The van der Waals surface area contributed by atoms with Crippen LogP contribution in [-0.4, -0.2) is 21.3 Å². The average Bonchev–Trinajstić information content (AvgIpc) is 2.75. The Labute approximate surface area is 123 Å². The van der Waals surface area contributed by atoms with Crippen LogP contribution in [0.1, 0.15) is 19.2 Å². The Kier molecular flexibility index (Phi) is 4.49. The van der Waals surface area contributed by atoms with E-state index < -0.39 is 11.8 Å². The SMILES string of the molecule is CC(CC(=O)O)Cc1nnc(-c2ccc(Br)cc2F)o1. The van der Waals surface area contributed by atoms with Gasteiger partial charge in [-0.2, -0.15) is 0 Å². The van der Waals surface area contributed by atoms with E-state index in [9.17, 15) is 9.18 Å². The highest BCUT2D eigenvalue weighted by molar-refractivity contribution is 9.10. The summed E-state index contributed by atoms with van der Waals surface area (Å²) in [6.45, 7) is 1.78. The van der Waals surface area contributed by atoms with E-state index in [1.165, 1.54) is 12.1 Å². The molecule has 2 aromatic rings. The molecule has 1 aromatic heterocycles. The van der Waals surface area contributed by atoms with Gasteiger partial charge in [-0.1, -0.05) is 22.9 Å². The molecular formula is C13H12BrFN2O3. The first-order valence-corrected chi connectivity index (χ1v) is 6.74. The zero-order chi connectivity index (χ0) is 14.7. The Morgan fingerprint density at radius 2 is 2.25 bits per heavy atom. The van der Waals surface area contributed by atoms with Crippen molar-refractivity contribution in [2.75, 3.05) is 0 Å². The number of carboxylic acids is 1. The van der Waals surface area contributed by atoms with Crippen molar-refractivity contribution in [2.24, 2.45) is 5.92 Å². The Bertz CT molecular complexity index is 630. The summed E-state index contributed by atoms with van der Waals surface area (Å²) in [5.74, 6) is -1.08. The summed E-state index contributed by atoms with van der Waals surface area (Å²) in [6, 6.07) is 4.53. The highest BCUT2D eigenvalue weighted by Gasteiger charge is 2.16. The number of nitrogens with zero attached hydrogens (tertiary/aromatic N) is 2.